The van der Waals surface area contributed by atoms with Crippen molar-refractivity contribution < 1.29 is 14.7 Å². The van der Waals surface area contributed by atoms with Crippen molar-refractivity contribution in [3.05, 3.63) is 0 Å². The fraction of sp³-hybridized carbons (Fsp3) is 0.818. The molecule has 1 atom stereocenters. The average molecular weight is 258 g/mol. The Balaban J connectivity index is 2.35. The van der Waals surface area contributed by atoms with Gasteiger partial charge in [-0.25, -0.2) is 4.79 Å². The Hall–Kier alpha value is -1.18. The molecule has 104 valence electrons. The summed E-state index contributed by atoms with van der Waals surface area (Å²) < 4.78 is 0. The lowest BCUT2D eigenvalue weighted by Crippen LogP contribution is -2.47. The van der Waals surface area contributed by atoms with Crippen LogP contribution in [0.5, 0.6) is 0 Å². The lowest BCUT2D eigenvalue weighted by molar-refractivity contribution is -0.121. The van der Waals surface area contributed by atoms with Crippen molar-refractivity contribution in [3.8, 4) is 0 Å². The molecule has 18 heavy (non-hydrogen) atoms. The summed E-state index contributed by atoms with van der Waals surface area (Å²) in [5.74, 6) is -0.360. The first-order valence-corrected chi connectivity index (χ1v) is 6.24. The van der Waals surface area contributed by atoms with Gasteiger partial charge < -0.3 is 15.7 Å². The van der Waals surface area contributed by atoms with E-state index in [1.54, 1.807) is 0 Å². The second-order valence-electron chi connectivity index (χ2n) is 4.38. The Bertz CT molecular complexity index is 279. The van der Waals surface area contributed by atoms with Crippen LogP contribution in [0.4, 0.5) is 4.79 Å². The molecule has 3 amide bonds. The minimum Gasteiger partial charge on any atom is -0.395 e. The number of amides is 3. The van der Waals surface area contributed by atoms with Gasteiger partial charge in [0.2, 0.25) is 5.91 Å². The van der Waals surface area contributed by atoms with Gasteiger partial charge >= 0.3 is 6.03 Å². The second kappa shape index (κ2) is 8.02. The fourth-order valence-corrected chi connectivity index (χ4v) is 2.03. The van der Waals surface area contributed by atoms with E-state index in [1.807, 2.05) is 4.90 Å². The molecule has 4 N–H and O–H groups in total. The molecule has 1 aliphatic rings. The van der Waals surface area contributed by atoms with Crippen LogP contribution in [-0.4, -0.2) is 67.8 Å². The minimum atomic E-state index is -0.511. The van der Waals surface area contributed by atoms with Gasteiger partial charge in [-0.2, -0.15) is 0 Å². The van der Waals surface area contributed by atoms with Crippen LogP contribution in [0.1, 0.15) is 12.8 Å². The summed E-state index contributed by atoms with van der Waals surface area (Å²) in [4.78, 5) is 24.4. The molecule has 0 aromatic rings. The van der Waals surface area contributed by atoms with E-state index in [1.165, 1.54) is 7.05 Å². The number of hydrogen-bond donors (Lipinski definition) is 4. The first-order valence-electron chi connectivity index (χ1n) is 6.24. The summed E-state index contributed by atoms with van der Waals surface area (Å²) in [6.07, 6.45) is 2.22. The number of hydrogen-bond acceptors (Lipinski definition) is 5. The predicted molar refractivity (Wildman–Crippen MR) is 67.1 cm³/mol. The first-order chi connectivity index (χ1) is 8.65. The molecule has 0 aromatic carbocycles. The van der Waals surface area contributed by atoms with Gasteiger partial charge in [-0.1, -0.05) is 0 Å². The maximum absolute atomic E-state index is 11.6. The topological polar surface area (TPSA) is 93.7 Å². The minimum absolute atomic E-state index is 0.0000256. The van der Waals surface area contributed by atoms with Crippen LogP contribution >= 0.6 is 0 Å². The molecule has 0 bridgehead atoms. The van der Waals surface area contributed by atoms with E-state index in [0.717, 1.165) is 19.4 Å². The van der Waals surface area contributed by atoms with Gasteiger partial charge in [-0.3, -0.25) is 15.0 Å². The van der Waals surface area contributed by atoms with Crippen LogP contribution in [0.2, 0.25) is 0 Å². The molecular formula is C11H22N4O3. The third-order valence-electron chi connectivity index (χ3n) is 2.90. The van der Waals surface area contributed by atoms with Crippen LogP contribution in [0.25, 0.3) is 0 Å². The van der Waals surface area contributed by atoms with E-state index < -0.39 is 6.03 Å². The summed E-state index contributed by atoms with van der Waals surface area (Å²) in [7, 11) is 1.45. The number of nitrogens with one attached hydrogen (secondary N) is 3. The van der Waals surface area contributed by atoms with E-state index in [0.29, 0.717) is 19.1 Å². The van der Waals surface area contributed by atoms with Crippen LogP contribution in [0.15, 0.2) is 0 Å². The number of aliphatic hydroxyl groups is 1. The van der Waals surface area contributed by atoms with Crippen molar-refractivity contribution in [2.75, 3.05) is 39.8 Å². The lowest BCUT2D eigenvalue weighted by Gasteiger charge is -2.24. The molecule has 1 fully saturated rings. The Morgan fingerprint density at radius 2 is 2.28 bits per heavy atom. The molecule has 0 aliphatic carbocycles. The number of urea groups is 1. The number of rotatable bonds is 6. The van der Waals surface area contributed by atoms with Crippen molar-refractivity contribution in [1.82, 2.24) is 20.9 Å². The Kier molecular flexibility index (Phi) is 6.63. The van der Waals surface area contributed by atoms with E-state index in [9.17, 15) is 9.59 Å². The first kappa shape index (κ1) is 14.9. The predicted octanol–water partition coefficient (Wildman–Crippen LogP) is -1.51. The highest BCUT2D eigenvalue weighted by molar-refractivity contribution is 5.95. The van der Waals surface area contributed by atoms with Crippen LogP contribution in [-0.2, 0) is 4.79 Å². The number of imide groups is 1. The monoisotopic (exact) mass is 258 g/mol. The highest BCUT2D eigenvalue weighted by Gasteiger charge is 2.19. The molecule has 1 aliphatic heterocycles. The molecule has 0 radical (unpaired) electrons. The van der Waals surface area contributed by atoms with Gasteiger partial charge in [-0.15, -0.1) is 0 Å². The standard InChI is InChI=1S/C11H22N4O3/c1-12-11(18)14-10(17)8-15(5-6-16)7-9-3-2-4-13-9/h9,13,16H,2-8H2,1H3,(H2,12,14,17,18). The third kappa shape index (κ3) is 5.44. The summed E-state index contributed by atoms with van der Waals surface area (Å²) in [6, 6.07) is -0.146. The van der Waals surface area contributed by atoms with E-state index in [4.69, 9.17) is 5.11 Å². The molecule has 0 aromatic heterocycles. The van der Waals surface area contributed by atoms with Crippen LogP contribution < -0.4 is 16.0 Å². The SMILES string of the molecule is CNC(=O)NC(=O)CN(CCO)CC1CCCN1. The zero-order chi connectivity index (χ0) is 13.4. The number of aliphatic hydroxyl groups excluding tert-OH is 1. The van der Waals surface area contributed by atoms with Crippen molar-refractivity contribution >= 4 is 11.9 Å². The van der Waals surface area contributed by atoms with Gasteiger partial charge in [0.05, 0.1) is 13.2 Å². The normalized spacial score (nSPS) is 18.9. The largest absolute Gasteiger partial charge is 0.395 e. The molecule has 1 saturated heterocycles. The highest BCUT2D eigenvalue weighted by Crippen LogP contribution is 2.06. The van der Waals surface area contributed by atoms with Crippen molar-refractivity contribution in [2.24, 2.45) is 0 Å². The molecule has 1 unspecified atom stereocenters. The summed E-state index contributed by atoms with van der Waals surface area (Å²) in [6.45, 7) is 2.26. The molecule has 7 heteroatoms. The summed E-state index contributed by atoms with van der Waals surface area (Å²) in [5.41, 5.74) is 0. The van der Waals surface area contributed by atoms with Gasteiger partial charge in [0, 0.05) is 26.2 Å². The fourth-order valence-electron chi connectivity index (χ4n) is 2.03. The third-order valence-corrected chi connectivity index (χ3v) is 2.90. The molecule has 0 saturated carbocycles. The Labute approximate surface area is 107 Å². The van der Waals surface area contributed by atoms with Gasteiger partial charge in [0.1, 0.15) is 0 Å². The zero-order valence-electron chi connectivity index (χ0n) is 10.7. The second-order valence-corrected chi connectivity index (χ2v) is 4.38. The number of carbonyl (C=O) groups excluding carboxylic acids is 2. The molecule has 0 spiro atoms. The molecular weight excluding hydrogens is 236 g/mol. The maximum atomic E-state index is 11.6. The van der Waals surface area contributed by atoms with Crippen LogP contribution in [0.3, 0.4) is 0 Å². The summed E-state index contributed by atoms with van der Waals surface area (Å²) >= 11 is 0. The quantitative estimate of drug-likeness (QED) is 0.465. The van der Waals surface area contributed by atoms with Crippen molar-refractivity contribution in [3.63, 3.8) is 0 Å². The molecule has 1 rings (SSSR count). The summed E-state index contributed by atoms with van der Waals surface area (Å²) in [5, 5.41) is 16.8. The highest BCUT2D eigenvalue weighted by atomic mass is 16.3. The van der Waals surface area contributed by atoms with E-state index >= 15 is 0 Å². The number of carbonyl (C=O) groups is 2. The van der Waals surface area contributed by atoms with Gasteiger partial charge in [0.15, 0.2) is 0 Å². The van der Waals surface area contributed by atoms with E-state index in [2.05, 4.69) is 16.0 Å². The average Bonchev–Trinajstić information content (AvgIpc) is 2.81. The van der Waals surface area contributed by atoms with Crippen molar-refractivity contribution in [1.29, 1.82) is 0 Å². The van der Waals surface area contributed by atoms with Gasteiger partial charge in [0.25, 0.3) is 0 Å². The Morgan fingerprint density at radius 1 is 1.50 bits per heavy atom. The molecule has 1 heterocycles. The zero-order valence-corrected chi connectivity index (χ0v) is 10.7. The smallest absolute Gasteiger partial charge is 0.321 e. The maximum Gasteiger partial charge on any atom is 0.321 e. The van der Waals surface area contributed by atoms with Crippen molar-refractivity contribution in [2.45, 2.75) is 18.9 Å². The van der Waals surface area contributed by atoms with E-state index in [-0.39, 0.29) is 19.1 Å². The van der Waals surface area contributed by atoms with Crippen LogP contribution in [0, 0.1) is 0 Å². The van der Waals surface area contributed by atoms with Gasteiger partial charge in [-0.05, 0) is 19.4 Å². The molecule has 7 nitrogen and oxygen atoms in total. The number of nitrogens with zero attached hydrogens (tertiary/aromatic N) is 1. The Morgan fingerprint density at radius 3 is 2.83 bits per heavy atom. The lowest BCUT2D eigenvalue weighted by atomic mass is 10.2.